The van der Waals surface area contributed by atoms with Gasteiger partial charge < -0.3 is 14.2 Å². The van der Waals surface area contributed by atoms with E-state index in [4.69, 9.17) is 14.2 Å². The number of rotatable bonds is 8. The van der Waals surface area contributed by atoms with E-state index in [9.17, 15) is 9.59 Å². The number of hydrogen-bond donors (Lipinski definition) is 0. The minimum atomic E-state index is -0.563. The Hall–Kier alpha value is -2.70. The molecule has 0 saturated carbocycles. The van der Waals surface area contributed by atoms with Crippen molar-refractivity contribution in [3.63, 3.8) is 0 Å². The number of likely N-dealkylation sites (tertiary alicyclic amines) is 1. The maximum absolute atomic E-state index is 12.4. The van der Waals surface area contributed by atoms with Gasteiger partial charge in [-0.25, -0.2) is 9.59 Å². The molecule has 0 aliphatic carbocycles. The molecule has 6 nitrogen and oxygen atoms in total. The summed E-state index contributed by atoms with van der Waals surface area (Å²) in [7, 11) is 0. The zero-order chi connectivity index (χ0) is 22.3. The molecule has 1 heterocycles. The van der Waals surface area contributed by atoms with Crippen LogP contribution in [-0.4, -0.2) is 48.4 Å². The lowest BCUT2D eigenvalue weighted by Crippen LogP contribution is -2.35. The van der Waals surface area contributed by atoms with E-state index in [0.29, 0.717) is 31.1 Å². The number of carbonyl (C=O) groups excluding carboxylic acids is 2. The quantitative estimate of drug-likeness (QED) is 0.583. The number of carbonyl (C=O) groups is 2. The maximum Gasteiger partial charge on any atom is 0.338 e. The van der Waals surface area contributed by atoms with E-state index >= 15 is 0 Å². The second-order valence-electron chi connectivity index (χ2n) is 8.75. The predicted octanol–water partition coefficient (Wildman–Crippen LogP) is 4.44. The van der Waals surface area contributed by atoms with Crippen molar-refractivity contribution in [3.8, 4) is 0 Å². The van der Waals surface area contributed by atoms with Crippen molar-refractivity contribution in [2.45, 2.75) is 51.9 Å². The average Bonchev–Trinajstić information content (AvgIpc) is 3.19. The largest absolute Gasteiger partial charge is 0.460 e. The standard InChI is InChI=1S/C25H31NO5/c1-25(2,3)31-24(28)21-13-11-20(12-14-21)23(27)30-17-22-10-7-15-26(22)18-29-16-19-8-5-4-6-9-19/h4-6,8-9,11-14,22H,7,10,15-18H2,1-3H3. The Kier molecular flexibility index (Phi) is 7.82. The molecular weight excluding hydrogens is 394 g/mol. The van der Waals surface area contributed by atoms with Gasteiger partial charge in [-0.05, 0) is 63.4 Å². The minimum Gasteiger partial charge on any atom is -0.460 e. The van der Waals surface area contributed by atoms with Gasteiger partial charge in [0, 0.05) is 12.6 Å². The summed E-state index contributed by atoms with van der Waals surface area (Å²) < 4.78 is 16.7. The third-order valence-electron chi connectivity index (χ3n) is 5.03. The maximum atomic E-state index is 12.4. The van der Waals surface area contributed by atoms with Gasteiger partial charge in [-0.1, -0.05) is 30.3 Å². The predicted molar refractivity (Wildman–Crippen MR) is 118 cm³/mol. The first-order valence-electron chi connectivity index (χ1n) is 10.7. The SMILES string of the molecule is CC(C)(C)OC(=O)c1ccc(C(=O)OCC2CCCN2COCc2ccccc2)cc1. The van der Waals surface area contributed by atoms with E-state index in [1.807, 2.05) is 51.1 Å². The molecule has 2 aromatic rings. The molecule has 0 aromatic heterocycles. The molecule has 166 valence electrons. The van der Waals surface area contributed by atoms with Crippen LogP contribution in [0.3, 0.4) is 0 Å². The zero-order valence-electron chi connectivity index (χ0n) is 18.5. The fourth-order valence-electron chi connectivity index (χ4n) is 3.44. The highest BCUT2D eigenvalue weighted by Gasteiger charge is 2.26. The van der Waals surface area contributed by atoms with E-state index in [2.05, 4.69) is 4.90 Å². The van der Waals surface area contributed by atoms with Crippen molar-refractivity contribution in [1.82, 2.24) is 4.90 Å². The van der Waals surface area contributed by atoms with E-state index < -0.39 is 17.5 Å². The minimum absolute atomic E-state index is 0.153. The molecule has 1 aliphatic rings. The average molecular weight is 426 g/mol. The van der Waals surface area contributed by atoms with Crippen molar-refractivity contribution in [2.75, 3.05) is 19.9 Å². The second kappa shape index (κ2) is 10.6. The van der Waals surface area contributed by atoms with E-state index in [1.165, 1.54) is 0 Å². The molecule has 2 aromatic carbocycles. The van der Waals surface area contributed by atoms with Crippen LogP contribution in [0, 0.1) is 0 Å². The van der Waals surface area contributed by atoms with Gasteiger partial charge in [0.2, 0.25) is 0 Å². The summed E-state index contributed by atoms with van der Waals surface area (Å²) in [5.74, 6) is -0.808. The Labute approximate surface area is 184 Å². The number of ether oxygens (including phenoxy) is 3. The van der Waals surface area contributed by atoms with Crippen molar-refractivity contribution >= 4 is 11.9 Å². The summed E-state index contributed by atoms with van der Waals surface area (Å²) in [6, 6.07) is 16.6. The zero-order valence-corrected chi connectivity index (χ0v) is 18.5. The first kappa shape index (κ1) is 23.0. The van der Waals surface area contributed by atoms with Gasteiger partial charge in [-0.2, -0.15) is 0 Å². The molecule has 1 aliphatic heterocycles. The number of benzene rings is 2. The molecule has 6 heteroatoms. The summed E-state index contributed by atoms with van der Waals surface area (Å²) in [5.41, 5.74) is 1.40. The van der Waals surface area contributed by atoms with Gasteiger partial charge in [0.25, 0.3) is 0 Å². The van der Waals surface area contributed by atoms with E-state index in [-0.39, 0.29) is 6.04 Å². The van der Waals surface area contributed by atoms with E-state index in [0.717, 1.165) is 24.9 Å². The Morgan fingerprint density at radius 3 is 2.26 bits per heavy atom. The highest BCUT2D eigenvalue weighted by molar-refractivity contribution is 5.93. The Morgan fingerprint density at radius 2 is 1.61 bits per heavy atom. The van der Waals surface area contributed by atoms with Crippen LogP contribution in [0.2, 0.25) is 0 Å². The lowest BCUT2D eigenvalue weighted by molar-refractivity contribution is -0.00739. The number of hydrogen-bond acceptors (Lipinski definition) is 6. The monoisotopic (exact) mass is 425 g/mol. The van der Waals surface area contributed by atoms with Gasteiger partial charge >= 0.3 is 11.9 Å². The number of nitrogens with zero attached hydrogens (tertiary/aromatic N) is 1. The van der Waals surface area contributed by atoms with Crippen LogP contribution >= 0.6 is 0 Å². The molecule has 0 N–H and O–H groups in total. The van der Waals surface area contributed by atoms with Gasteiger partial charge in [0.05, 0.1) is 24.5 Å². The summed E-state index contributed by atoms with van der Waals surface area (Å²) in [4.78, 5) is 26.7. The molecule has 1 atom stereocenters. The Balaban J connectivity index is 1.45. The van der Waals surface area contributed by atoms with Gasteiger partial charge in [0.1, 0.15) is 12.2 Å². The van der Waals surface area contributed by atoms with E-state index in [1.54, 1.807) is 24.3 Å². The smallest absolute Gasteiger partial charge is 0.338 e. The first-order chi connectivity index (χ1) is 14.8. The fourth-order valence-corrected chi connectivity index (χ4v) is 3.44. The molecule has 1 unspecified atom stereocenters. The van der Waals surface area contributed by atoms with Gasteiger partial charge in [-0.3, -0.25) is 4.90 Å². The summed E-state index contributed by atoms with van der Waals surface area (Å²) in [6.45, 7) is 7.78. The van der Waals surface area contributed by atoms with Gasteiger partial charge in [-0.15, -0.1) is 0 Å². The van der Waals surface area contributed by atoms with Crippen LogP contribution in [-0.2, 0) is 20.8 Å². The van der Waals surface area contributed by atoms with Crippen molar-refractivity contribution in [1.29, 1.82) is 0 Å². The second-order valence-corrected chi connectivity index (χ2v) is 8.75. The molecule has 1 fully saturated rings. The lowest BCUT2D eigenvalue weighted by Gasteiger charge is -2.24. The Bertz CT molecular complexity index is 858. The highest BCUT2D eigenvalue weighted by Crippen LogP contribution is 2.19. The summed E-state index contributed by atoms with van der Waals surface area (Å²) >= 11 is 0. The molecule has 0 spiro atoms. The number of esters is 2. The van der Waals surface area contributed by atoms with Crippen molar-refractivity contribution in [2.24, 2.45) is 0 Å². The fraction of sp³-hybridized carbons (Fsp3) is 0.440. The Morgan fingerprint density at radius 1 is 0.968 bits per heavy atom. The topological polar surface area (TPSA) is 65.1 Å². The third kappa shape index (κ3) is 7.19. The lowest BCUT2D eigenvalue weighted by atomic mass is 10.1. The molecule has 1 saturated heterocycles. The third-order valence-corrected chi connectivity index (χ3v) is 5.03. The van der Waals surface area contributed by atoms with Crippen LogP contribution in [0.15, 0.2) is 54.6 Å². The van der Waals surface area contributed by atoms with Crippen LogP contribution in [0.5, 0.6) is 0 Å². The molecular formula is C25H31NO5. The highest BCUT2D eigenvalue weighted by atomic mass is 16.6. The van der Waals surface area contributed by atoms with Crippen molar-refractivity contribution < 1.29 is 23.8 Å². The van der Waals surface area contributed by atoms with Crippen molar-refractivity contribution in [3.05, 3.63) is 71.3 Å². The normalized spacial score (nSPS) is 16.8. The van der Waals surface area contributed by atoms with Gasteiger partial charge in [0.15, 0.2) is 0 Å². The summed E-state index contributed by atoms with van der Waals surface area (Å²) in [5, 5.41) is 0. The first-order valence-corrected chi connectivity index (χ1v) is 10.7. The van der Waals surface area contributed by atoms with Crippen LogP contribution < -0.4 is 0 Å². The molecule has 0 radical (unpaired) electrons. The molecule has 0 bridgehead atoms. The molecule has 3 rings (SSSR count). The van der Waals surface area contributed by atoms with Crippen LogP contribution in [0.1, 0.15) is 59.9 Å². The van der Waals surface area contributed by atoms with Crippen LogP contribution in [0.25, 0.3) is 0 Å². The van der Waals surface area contributed by atoms with Crippen LogP contribution in [0.4, 0.5) is 0 Å². The summed E-state index contributed by atoms with van der Waals surface area (Å²) in [6.07, 6.45) is 2.03. The molecule has 0 amide bonds. The molecule has 31 heavy (non-hydrogen) atoms.